The monoisotopic (exact) mass is 260 g/mol. The second-order valence-electron chi connectivity index (χ2n) is 4.86. The molecule has 0 aliphatic rings. The van der Waals surface area contributed by atoms with Gasteiger partial charge < -0.3 is 4.74 Å². The van der Waals surface area contributed by atoms with Crippen LogP contribution in [0.4, 0.5) is 0 Å². The maximum Gasteiger partial charge on any atom is 0.137 e. The Labute approximate surface area is 116 Å². The molecule has 0 spiro atoms. The normalized spacial score (nSPS) is 12.2. The largest absolute Gasteiger partial charge is 0.491 e. The molecule has 0 saturated heterocycles. The van der Waals surface area contributed by atoms with Crippen molar-refractivity contribution in [2.75, 3.05) is 26.2 Å². The summed E-state index contributed by atoms with van der Waals surface area (Å²) in [4.78, 5) is 2.39. The van der Waals surface area contributed by atoms with E-state index in [1.165, 1.54) is 6.42 Å². The highest BCUT2D eigenvalue weighted by molar-refractivity contribution is 5.42. The van der Waals surface area contributed by atoms with Crippen LogP contribution in [0.2, 0.25) is 0 Å². The van der Waals surface area contributed by atoms with E-state index in [4.69, 9.17) is 10.00 Å². The van der Waals surface area contributed by atoms with Crippen molar-refractivity contribution in [3.8, 4) is 11.8 Å². The summed E-state index contributed by atoms with van der Waals surface area (Å²) in [6.07, 6.45) is 1.20. The highest BCUT2D eigenvalue weighted by Crippen LogP contribution is 2.16. The number of para-hydroxylation sites is 1. The van der Waals surface area contributed by atoms with Crippen molar-refractivity contribution in [1.29, 1.82) is 5.26 Å². The lowest BCUT2D eigenvalue weighted by Crippen LogP contribution is -2.32. The van der Waals surface area contributed by atoms with Gasteiger partial charge in [0, 0.05) is 13.1 Å². The highest BCUT2D eigenvalue weighted by atomic mass is 16.5. The molecule has 0 amide bonds. The Hall–Kier alpha value is -1.53. The third-order valence-electron chi connectivity index (χ3n) is 3.39. The minimum Gasteiger partial charge on any atom is -0.491 e. The zero-order valence-electron chi connectivity index (χ0n) is 12.2. The summed E-state index contributed by atoms with van der Waals surface area (Å²) in [5, 5.41) is 8.98. The molecular weight excluding hydrogens is 236 g/mol. The van der Waals surface area contributed by atoms with Crippen molar-refractivity contribution in [1.82, 2.24) is 4.90 Å². The van der Waals surface area contributed by atoms with Crippen LogP contribution >= 0.6 is 0 Å². The highest BCUT2D eigenvalue weighted by Gasteiger charge is 2.08. The molecule has 1 rings (SSSR count). The minimum absolute atomic E-state index is 0.604. The number of nitrogens with zero attached hydrogens (tertiary/aromatic N) is 2. The molecule has 1 unspecified atom stereocenters. The Morgan fingerprint density at radius 3 is 2.68 bits per heavy atom. The summed E-state index contributed by atoms with van der Waals surface area (Å²) in [6.45, 7) is 10.3. The van der Waals surface area contributed by atoms with Crippen molar-refractivity contribution in [3.63, 3.8) is 0 Å². The molecule has 1 aromatic rings. The molecule has 0 N–H and O–H groups in total. The molecule has 0 saturated carbocycles. The number of nitriles is 1. The molecule has 0 fully saturated rings. The fourth-order valence-electron chi connectivity index (χ4n) is 1.92. The van der Waals surface area contributed by atoms with Crippen molar-refractivity contribution < 1.29 is 4.74 Å². The van der Waals surface area contributed by atoms with Gasteiger partial charge in [0.1, 0.15) is 18.4 Å². The molecule has 3 heteroatoms. The van der Waals surface area contributed by atoms with Gasteiger partial charge in [0.2, 0.25) is 0 Å². The number of rotatable bonds is 8. The van der Waals surface area contributed by atoms with E-state index in [0.29, 0.717) is 23.8 Å². The van der Waals surface area contributed by atoms with E-state index in [0.717, 1.165) is 19.6 Å². The second kappa shape index (κ2) is 8.55. The lowest BCUT2D eigenvalue weighted by molar-refractivity contribution is 0.194. The lowest BCUT2D eigenvalue weighted by Gasteiger charge is -2.23. The van der Waals surface area contributed by atoms with Gasteiger partial charge >= 0.3 is 0 Å². The Morgan fingerprint density at radius 1 is 1.32 bits per heavy atom. The van der Waals surface area contributed by atoms with E-state index in [-0.39, 0.29) is 0 Å². The summed E-state index contributed by atoms with van der Waals surface area (Å²) in [7, 11) is 0. The maximum atomic E-state index is 8.98. The van der Waals surface area contributed by atoms with Gasteiger partial charge in [-0.2, -0.15) is 5.26 Å². The van der Waals surface area contributed by atoms with E-state index in [1.54, 1.807) is 6.07 Å². The van der Waals surface area contributed by atoms with Crippen LogP contribution in [0, 0.1) is 17.2 Å². The molecule has 1 aromatic carbocycles. The van der Waals surface area contributed by atoms with Gasteiger partial charge in [0.25, 0.3) is 0 Å². The number of ether oxygens (including phenoxy) is 1. The Morgan fingerprint density at radius 2 is 2.05 bits per heavy atom. The second-order valence-corrected chi connectivity index (χ2v) is 4.86. The summed E-state index contributed by atoms with van der Waals surface area (Å²) < 4.78 is 5.71. The smallest absolute Gasteiger partial charge is 0.137 e. The van der Waals surface area contributed by atoms with Crippen molar-refractivity contribution in [3.05, 3.63) is 29.8 Å². The molecule has 0 radical (unpaired) electrons. The summed E-state index contributed by atoms with van der Waals surface area (Å²) in [5.41, 5.74) is 0.604. The van der Waals surface area contributed by atoms with E-state index >= 15 is 0 Å². The molecule has 0 heterocycles. The zero-order valence-corrected chi connectivity index (χ0v) is 12.2. The van der Waals surface area contributed by atoms with Gasteiger partial charge in [-0.3, -0.25) is 4.90 Å². The van der Waals surface area contributed by atoms with Gasteiger partial charge in [-0.15, -0.1) is 0 Å². The molecule has 1 atom stereocenters. The topological polar surface area (TPSA) is 36.3 Å². The Balaban J connectivity index is 2.42. The van der Waals surface area contributed by atoms with Crippen LogP contribution in [0.5, 0.6) is 5.75 Å². The van der Waals surface area contributed by atoms with Gasteiger partial charge in [0.15, 0.2) is 0 Å². The van der Waals surface area contributed by atoms with Crippen molar-refractivity contribution in [2.45, 2.75) is 27.2 Å². The van der Waals surface area contributed by atoms with Crippen molar-refractivity contribution >= 4 is 0 Å². The first-order valence-electron chi connectivity index (χ1n) is 7.05. The first kappa shape index (κ1) is 15.5. The lowest BCUT2D eigenvalue weighted by atomic mass is 10.1. The number of hydrogen-bond acceptors (Lipinski definition) is 3. The molecule has 0 aromatic heterocycles. The van der Waals surface area contributed by atoms with Crippen LogP contribution in [0.3, 0.4) is 0 Å². The van der Waals surface area contributed by atoms with Crippen LogP contribution in [-0.4, -0.2) is 31.1 Å². The SMILES string of the molecule is CCC(C)CN(CC)CCOc1ccccc1C#N. The molecule has 0 aliphatic heterocycles. The number of benzene rings is 1. The van der Waals surface area contributed by atoms with Gasteiger partial charge in [-0.25, -0.2) is 0 Å². The third kappa shape index (κ3) is 5.32. The average molecular weight is 260 g/mol. The predicted octanol–water partition coefficient (Wildman–Crippen LogP) is 3.31. The molecule has 3 nitrogen and oxygen atoms in total. The van der Waals surface area contributed by atoms with Crippen molar-refractivity contribution in [2.24, 2.45) is 5.92 Å². The summed E-state index contributed by atoms with van der Waals surface area (Å²) in [6, 6.07) is 9.53. The summed E-state index contributed by atoms with van der Waals surface area (Å²) in [5.74, 6) is 1.40. The zero-order chi connectivity index (χ0) is 14.1. The fraction of sp³-hybridized carbons (Fsp3) is 0.562. The molecule has 0 aliphatic carbocycles. The maximum absolute atomic E-state index is 8.98. The van der Waals surface area contributed by atoms with Gasteiger partial charge in [0.05, 0.1) is 5.56 Å². The Bertz CT molecular complexity index is 411. The summed E-state index contributed by atoms with van der Waals surface area (Å²) >= 11 is 0. The Kier molecular flexibility index (Phi) is 6.99. The number of likely N-dealkylation sites (N-methyl/N-ethyl adjacent to an activating group) is 1. The van der Waals surface area contributed by atoms with Gasteiger partial charge in [-0.05, 0) is 24.6 Å². The van der Waals surface area contributed by atoms with E-state index in [2.05, 4.69) is 31.7 Å². The van der Waals surface area contributed by atoms with E-state index < -0.39 is 0 Å². The van der Waals surface area contributed by atoms with Crippen LogP contribution < -0.4 is 4.74 Å². The first-order chi connectivity index (χ1) is 9.21. The van der Waals surface area contributed by atoms with Crippen LogP contribution in [0.25, 0.3) is 0 Å². The van der Waals surface area contributed by atoms with Gasteiger partial charge in [-0.1, -0.05) is 39.3 Å². The van der Waals surface area contributed by atoms with E-state index in [9.17, 15) is 0 Å². The van der Waals surface area contributed by atoms with Crippen LogP contribution in [-0.2, 0) is 0 Å². The quantitative estimate of drug-likeness (QED) is 0.719. The molecular formula is C16H24N2O. The minimum atomic E-state index is 0.604. The fourth-order valence-corrected chi connectivity index (χ4v) is 1.92. The molecule has 19 heavy (non-hydrogen) atoms. The number of hydrogen-bond donors (Lipinski definition) is 0. The average Bonchev–Trinajstić information content (AvgIpc) is 2.46. The standard InChI is InChI=1S/C16H24N2O/c1-4-14(3)13-18(5-2)10-11-19-16-9-7-6-8-15(16)12-17/h6-9,14H,4-5,10-11,13H2,1-3H3. The molecule has 104 valence electrons. The van der Waals surface area contributed by atoms with Crippen LogP contribution in [0.15, 0.2) is 24.3 Å². The third-order valence-corrected chi connectivity index (χ3v) is 3.39. The predicted molar refractivity (Wildman–Crippen MR) is 78.2 cm³/mol. The molecule has 0 bridgehead atoms. The first-order valence-corrected chi connectivity index (χ1v) is 7.05. The van der Waals surface area contributed by atoms with E-state index in [1.807, 2.05) is 18.2 Å². The van der Waals surface area contributed by atoms with Crippen LogP contribution in [0.1, 0.15) is 32.8 Å².